The molecule has 3 aromatic carbocycles. The number of ether oxygens (including phenoxy) is 1. The molecule has 7 rings (SSSR count). The van der Waals surface area contributed by atoms with E-state index in [4.69, 9.17) is 16.3 Å². The molecule has 2 heterocycles. The molecule has 2 bridgehead atoms. The minimum atomic E-state index is -0.782. The number of rotatable bonds is 7. The standard InChI is InChI=1S/C33H22ClN3O7/c34-25-3-1-2-23-24(33(41)44-16-27(38)18-8-12-22(13-9-18)37(42)43)15-26(35-30(23)25)17-6-10-21(11-7-17)36-31(39)28-19-4-5-20(14-19)29(28)32(36)40/h1-13,15,19-20,28-29H,14,16H2. The molecule has 2 aliphatic carbocycles. The number of aromatic nitrogens is 1. The monoisotopic (exact) mass is 607 g/mol. The van der Waals surface area contributed by atoms with Crippen LogP contribution < -0.4 is 4.90 Å². The van der Waals surface area contributed by atoms with Crippen LogP contribution in [0.1, 0.15) is 27.1 Å². The van der Waals surface area contributed by atoms with Crippen LogP contribution in [-0.2, 0) is 14.3 Å². The Labute approximate surface area is 255 Å². The maximum Gasteiger partial charge on any atom is 0.339 e. The largest absolute Gasteiger partial charge is 0.454 e. The Kier molecular flexibility index (Phi) is 6.58. The van der Waals surface area contributed by atoms with Crippen molar-refractivity contribution in [2.75, 3.05) is 11.5 Å². The highest BCUT2D eigenvalue weighted by Gasteiger charge is 2.59. The van der Waals surface area contributed by atoms with Crippen LogP contribution in [0.4, 0.5) is 11.4 Å². The van der Waals surface area contributed by atoms with Gasteiger partial charge in [-0.3, -0.25) is 29.4 Å². The quantitative estimate of drug-likeness (QED) is 0.0640. The number of non-ortho nitro benzene ring substituents is 1. The highest BCUT2D eigenvalue weighted by atomic mass is 35.5. The number of carbonyl (C=O) groups is 4. The molecule has 1 aliphatic heterocycles. The van der Waals surface area contributed by atoms with Crippen LogP contribution in [-0.4, -0.2) is 40.1 Å². The number of Topliss-reactive ketones (excluding diaryl/α,β-unsaturated/α-hetero) is 1. The van der Waals surface area contributed by atoms with Crippen molar-refractivity contribution in [3.05, 3.63) is 111 Å². The van der Waals surface area contributed by atoms with Gasteiger partial charge in [0.05, 0.1) is 44.2 Å². The van der Waals surface area contributed by atoms with E-state index in [0.29, 0.717) is 32.9 Å². The molecule has 4 atom stereocenters. The normalized spacial score (nSPS) is 21.6. The van der Waals surface area contributed by atoms with Crippen LogP contribution in [0, 0.1) is 33.8 Å². The third-order valence-corrected chi connectivity index (χ3v) is 8.94. The molecule has 11 heteroatoms. The number of fused-ring (bicyclic) bond motifs is 6. The molecule has 4 aromatic rings. The number of nitro benzene ring substituents is 1. The first-order chi connectivity index (χ1) is 21.2. The molecule has 4 unspecified atom stereocenters. The Morgan fingerprint density at radius 2 is 1.61 bits per heavy atom. The summed E-state index contributed by atoms with van der Waals surface area (Å²) in [6, 6.07) is 18.3. The molecule has 0 radical (unpaired) electrons. The Morgan fingerprint density at radius 3 is 2.25 bits per heavy atom. The predicted molar refractivity (Wildman–Crippen MR) is 160 cm³/mol. The molecular weight excluding hydrogens is 586 g/mol. The van der Waals surface area contributed by atoms with Gasteiger partial charge in [0.15, 0.2) is 12.4 Å². The Morgan fingerprint density at radius 1 is 0.955 bits per heavy atom. The summed E-state index contributed by atoms with van der Waals surface area (Å²) in [6.07, 6.45) is 4.95. The van der Waals surface area contributed by atoms with Gasteiger partial charge in [0, 0.05) is 28.6 Å². The zero-order valence-electron chi connectivity index (χ0n) is 22.9. The number of esters is 1. The summed E-state index contributed by atoms with van der Waals surface area (Å²) in [5, 5.41) is 11.6. The lowest BCUT2D eigenvalue weighted by molar-refractivity contribution is -0.384. The number of para-hydroxylation sites is 1. The predicted octanol–water partition coefficient (Wildman–Crippen LogP) is 5.81. The van der Waals surface area contributed by atoms with E-state index in [2.05, 4.69) is 4.98 Å². The van der Waals surface area contributed by atoms with Crippen molar-refractivity contribution in [3.63, 3.8) is 0 Å². The second kappa shape index (κ2) is 10.5. The van der Waals surface area contributed by atoms with Crippen LogP contribution in [0.15, 0.2) is 84.9 Å². The number of amides is 2. The average Bonchev–Trinajstić information content (AvgIpc) is 3.73. The first-order valence-corrected chi connectivity index (χ1v) is 14.3. The molecule has 2 amide bonds. The van der Waals surface area contributed by atoms with E-state index < -0.39 is 23.3 Å². The summed E-state index contributed by atoms with van der Waals surface area (Å²) in [5.74, 6) is -2.04. The van der Waals surface area contributed by atoms with Gasteiger partial charge in [-0.05, 0) is 54.7 Å². The van der Waals surface area contributed by atoms with Gasteiger partial charge in [0.2, 0.25) is 11.8 Å². The maximum absolute atomic E-state index is 13.3. The molecule has 0 spiro atoms. The SMILES string of the molecule is O=C(COC(=O)c1cc(-c2ccc(N3C(=O)C4C5C=CC(C5)C4C3=O)cc2)nc2c(Cl)cccc12)c1ccc([N+](=O)[O-])cc1. The van der Waals surface area contributed by atoms with Crippen molar-refractivity contribution in [3.8, 4) is 11.3 Å². The summed E-state index contributed by atoms with van der Waals surface area (Å²) >= 11 is 6.45. The number of imide groups is 1. The zero-order valence-corrected chi connectivity index (χ0v) is 23.6. The lowest BCUT2D eigenvalue weighted by Gasteiger charge is -2.18. The minimum Gasteiger partial charge on any atom is -0.454 e. The average molecular weight is 608 g/mol. The topological polar surface area (TPSA) is 137 Å². The molecule has 1 saturated carbocycles. The Bertz CT molecular complexity index is 1910. The molecule has 44 heavy (non-hydrogen) atoms. The van der Waals surface area contributed by atoms with Gasteiger partial charge in [0.25, 0.3) is 5.69 Å². The zero-order chi connectivity index (χ0) is 30.7. The van der Waals surface area contributed by atoms with Crippen molar-refractivity contribution in [1.29, 1.82) is 0 Å². The van der Waals surface area contributed by atoms with Gasteiger partial charge in [-0.15, -0.1) is 0 Å². The van der Waals surface area contributed by atoms with E-state index in [1.165, 1.54) is 35.2 Å². The Balaban J connectivity index is 1.15. The van der Waals surface area contributed by atoms with E-state index in [1.807, 2.05) is 12.2 Å². The number of hydrogen-bond donors (Lipinski definition) is 0. The maximum atomic E-state index is 13.3. The molecular formula is C33H22ClN3O7. The van der Waals surface area contributed by atoms with Crippen LogP contribution in [0.2, 0.25) is 5.02 Å². The number of ketones is 1. The van der Waals surface area contributed by atoms with E-state index >= 15 is 0 Å². The minimum absolute atomic E-state index is 0.111. The fraction of sp³-hybridized carbons (Fsp3) is 0.182. The molecule has 2 fully saturated rings. The highest BCUT2D eigenvalue weighted by molar-refractivity contribution is 6.35. The van der Waals surface area contributed by atoms with E-state index in [1.54, 1.807) is 42.5 Å². The van der Waals surface area contributed by atoms with Crippen LogP contribution in [0.25, 0.3) is 22.2 Å². The van der Waals surface area contributed by atoms with E-state index in [9.17, 15) is 29.3 Å². The van der Waals surface area contributed by atoms with Crippen LogP contribution in [0.3, 0.4) is 0 Å². The fourth-order valence-electron chi connectivity index (χ4n) is 6.53. The van der Waals surface area contributed by atoms with Crippen molar-refractivity contribution in [1.82, 2.24) is 4.98 Å². The number of pyridine rings is 1. The number of benzene rings is 3. The van der Waals surface area contributed by atoms with Crippen molar-refractivity contribution in [2.45, 2.75) is 6.42 Å². The number of hydrogen-bond acceptors (Lipinski definition) is 8. The van der Waals surface area contributed by atoms with Crippen molar-refractivity contribution < 1.29 is 28.8 Å². The third kappa shape index (κ3) is 4.46. The number of nitro groups is 1. The molecule has 1 saturated heterocycles. The smallest absolute Gasteiger partial charge is 0.339 e. The first-order valence-electron chi connectivity index (χ1n) is 13.9. The number of carbonyl (C=O) groups excluding carboxylic acids is 4. The number of anilines is 1. The summed E-state index contributed by atoms with van der Waals surface area (Å²) in [5.41, 5.74) is 1.95. The highest BCUT2D eigenvalue weighted by Crippen LogP contribution is 2.53. The van der Waals surface area contributed by atoms with Crippen LogP contribution >= 0.6 is 11.6 Å². The van der Waals surface area contributed by atoms with Crippen molar-refractivity contribution >= 4 is 57.4 Å². The van der Waals surface area contributed by atoms with Gasteiger partial charge in [-0.2, -0.15) is 0 Å². The molecule has 1 aromatic heterocycles. The van der Waals surface area contributed by atoms with Gasteiger partial charge in [-0.1, -0.05) is 48.0 Å². The summed E-state index contributed by atoms with van der Waals surface area (Å²) < 4.78 is 5.35. The van der Waals surface area contributed by atoms with Crippen LogP contribution in [0.5, 0.6) is 0 Å². The number of allylic oxidation sites excluding steroid dienone is 2. The lowest BCUT2D eigenvalue weighted by atomic mass is 9.85. The Hall–Kier alpha value is -5.22. The van der Waals surface area contributed by atoms with Gasteiger partial charge in [0.1, 0.15) is 0 Å². The summed E-state index contributed by atoms with van der Waals surface area (Å²) in [7, 11) is 0. The van der Waals surface area contributed by atoms with Gasteiger partial charge in [-0.25, -0.2) is 9.78 Å². The van der Waals surface area contributed by atoms with Gasteiger partial charge < -0.3 is 4.74 Å². The first kappa shape index (κ1) is 27.6. The summed E-state index contributed by atoms with van der Waals surface area (Å²) in [4.78, 5) is 68.6. The second-order valence-corrected chi connectivity index (χ2v) is 11.5. The molecule has 0 N–H and O–H groups in total. The molecule has 218 valence electrons. The number of halogens is 1. The number of nitrogens with zero attached hydrogens (tertiary/aromatic N) is 3. The third-order valence-electron chi connectivity index (χ3n) is 8.64. The fourth-order valence-corrected chi connectivity index (χ4v) is 6.75. The summed E-state index contributed by atoms with van der Waals surface area (Å²) in [6.45, 7) is -0.581. The van der Waals surface area contributed by atoms with Crippen molar-refractivity contribution in [2.24, 2.45) is 23.7 Å². The molecule has 10 nitrogen and oxygen atoms in total. The lowest BCUT2D eigenvalue weighted by Crippen LogP contribution is -2.32. The van der Waals surface area contributed by atoms with Gasteiger partial charge >= 0.3 is 5.97 Å². The van der Waals surface area contributed by atoms with E-state index in [-0.39, 0.29) is 52.3 Å². The van der Waals surface area contributed by atoms with E-state index in [0.717, 1.165) is 6.42 Å². The second-order valence-electron chi connectivity index (χ2n) is 11.1. The molecule has 3 aliphatic rings.